The zero-order valence-corrected chi connectivity index (χ0v) is 17.6. The summed E-state index contributed by atoms with van der Waals surface area (Å²) in [6.07, 6.45) is 9.33. The molecular formula is C20H18Br2Ti. The topological polar surface area (TPSA) is 0 Å². The fourth-order valence-corrected chi connectivity index (χ4v) is 16.4. The van der Waals surface area contributed by atoms with Gasteiger partial charge in [0.1, 0.15) is 0 Å². The van der Waals surface area contributed by atoms with E-state index in [-0.39, 0.29) is 0 Å². The van der Waals surface area contributed by atoms with E-state index in [2.05, 4.69) is 110 Å². The summed E-state index contributed by atoms with van der Waals surface area (Å²) in [5.41, 5.74) is 5.58. The van der Waals surface area contributed by atoms with Gasteiger partial charge in [-0.3, -0.25) is 0 Å². The summed E-state index contributed by atoms with van der Waals surface area (Å²) < 4.78 is 3.27. The fourth-order valence-electron chi connectivity index (χ4n) is 4.01. The number of hydrogen-bond acceptors (Lipinski definition) is 0. The molecule has 2 aliphatic carbocycles. The average molecular weight is 466 g/mol. The van der Waals surface area contributed by atoms with Crippen molar-refractivity contribution >= 4 is 42.8 Å². The van der Waals surface area contributed by atoms with Gasteiger partial charge in [-0.15, -0.1) is 0 Å². The van der Waals surface area contributed by atoms with E-state index in [1.165, 1.54) is 22.3 Å². The summed E-state index contributed by atoms with van der Waals surface area (Å²) in [5.74, 6) is 0. The average Bonchev–Trinajstić information content (AvgIpc) is 3.20. The molecule has 3 heteroatoms. The Bertz CT molecular complexity index is 847. The van der Waals surface area contributed by atoms with Gasteiger partial charge in [-0.2, -0.15) is 0 Å². The molecule has 0 nitrogen and oxygen atoms in total. The molecule has 0 saturated heterocycles. The summed E-state index contributed by atoms with van der Waals surface area (Å²) in [5, 5.41) is 0. The molecule has 0 aromatic heterocycles. The maximum atomic E-state index is 4.33. The molecule has 23 heavy (non-hydrogen) atoms. The van der Waals surface area contributed by atoms with Gasteiger partial charge in [0.05, 0.1) is 0 Å². The Balaban J connectivity index is 1.92. The van der Waals surface area contributed by atoms with Crippen LogP contribution >= 0.6 is 26.3 Å². The van der Waals surface area contributed by atoms with Gasteiger partial charge in [-0.1, -0.05) is 0 Å². The Morgan fingerprint density at radius 3 is 1.65 bits per heavy atom. The third-order valence-electron chi connectivity index (χ3n) is 5.34. The van der Waals surface area contributed by atoms with Crippen LogP contribution < -0.4 is 0 Å². The number of fused-ring (bicyclic) bond motifs is 2. The van der Waals surface area contributed by atoms with Crippen LogP contribution in [0.2, 0.25) is 0 Å². The van der Waals surface area contributed by atoms with Crippen molar-refractivity contribution < 1.29 is 10.7 Å². The molecule has 0 radical (unpaired) electrons. The molecule has 0 saturated carbocycles. The van der Waals surface area contributed by atoms with Crippen LogP contribution in [0.15, 0.2) is 60.7 Å². The van der Waals surface area contributed by atoms with Gasteiger partial charge in [0.25, 0.3) is 0 Å². The van der Waals surface area contributed by atoms with Crippen molar-refractivity contribution in [3.8, 4) is 0 Å². The molecule has 0 bridgehead atoms. The number of benzene rings is 2. The molecule has 0 heterocycles. The minimum atomic E-state index is -3.36. The Labute approximate surface area is 150 Å². The van der Waals surface area contributed by atoms with E-state index < -0.39 is 10.7 Å². The first-order valence-electron chi connectivity index (χ1n) is 7.96. The number of hydrogen-bond donors (Lipinski definition) is 0. The summed E-state index contributed by atoms with van der Waals surface area (Å²) in [7, 11) is -3.36. The molecule has 2 aliphatic rings. The van der Waals surface area contributed by atoms with Crippen LogP contribution in [0.25, 0.3) is 12.2 Å². The third kappa shape index (κ3) is 2.30. The predicted molar refractivity (Wildman–Crippen MR) is 106 cm³/mol. The van der Waals surface area contributed by atoms with Gasteiger partial charge in [-0.05, 0) is 0 Å². The monoisotopic (exact) mass is 464 g/mol. The van der Waals surface area contributed by atoms with E-state index in [4.69, 9.17) is 0 Å². The minimum absolute atomic E-state index is 0.411. The molecule has 0 N–H and O–H groups in total. The normalized spacial score (nSPS) is 22.1. The molecule has 4 rings (SSSR count). The first-order chi connectivity index (χ1) is 11.0. The summed E-state index contributed by atoms with van der Waals surface area (Å²) in [6.45, 7) is 2.21. The van der Waals surface area contributed by atoms with Crippen molar-refractivity contribution in [1.29, 1.82) is 0 Å². The molecule has 2 aromatic carbocycles. The number of rotatable bonds is 2. The number of halogens is 2. The Morgan fingerprint density at radius 2 is 1.22 bits per heavy atom. The Morgan fingerprint density at radius 1 is 0.783 bits per heavy atom. The van der Waals surface area contributed by atoms with Gasteiger partial charge in [-0.25, -0.2) is 0 Å². The fraction of sp³-hybridized carbons (Fsp3) is 0.150. The van der Waals surface area contributed by atoms with Crippen LogP contribution in [-0.4, -0.2) is 4.31 Å². The van der Waals surface area contributed by atoms with Gasteiger partial charge in [0, 0.05) is 0 Å². The third-order valence-corrected chi connectivity index (χ3v) is 24.3. The summed E-state index contributed by atoms with van der Waals surface area (Å²) in [6, 6.07) is 17.5. The SMILES string of the molecule is C[CH]=[Ti]([Br])([Br])([CH]1C=Cc2ccccc21)[CH]1C=Cc2ccccc21. The second-order valence-corrected chi connectivity index (χ2v) is 32.1. The van der Waals surface area contributed by atoms with E-state index >= 15 is 0 Å². The molecule has 0 aliphatic heterocycles. The standard InChI is InChI=1S/2C9H7.C2H4.2BrH.Ti/c2*1-2-5-9-7-3-6-8(9)4-1;1-2;;;/h2*1-7H;1H,2H3;2*1H;/q;;;;;+2/p-2. The van der Waals surface area contributed by atoms with Crippen LogP contribution in [0.3, 0.4) is 0 Å². The molecular weight excluding hydrogens is 448 g/mol. The predicted octanol–water partition coefficient (Wildman–Crippen LogP) is 6.65. The van der Waals surface area contributed by atoms with E-state index in [0.29, 0.717) is 8.45 Å². The quantitative estimate of drug-likeness (QED) is 0.435. The molecule has 0 amide bonds. The zero-order valence-electron chi connectivity index (χ0n) is 12.9. The van der Waals surface area contributed by atoms with Gasteiger partial charge < -0.3 is 0 Å². The second kappa shape index (κ2) is 5.49. The van der Waals surface area contributed by atoms with Gasteiger partial charge in [0.2, 0.25) is 0 Å². The van der Waals surface area contributed by atoms with Crippen molar-refractivity contribution in [1.82, 2.24) is 0 Å². The molecule has 0 spiro atoms. The van der Waals surface area contributed by atoms with E-state index in [1.54, 1.807) is 0 Å². The molecule has 2 unspecified atom stereocenters. The van der Waals surface area contributed by atoms with Crippen LogP contribution in [-0.2, 0) is 10.7 Å². The number of allylic oxidation sites excluding steroid dienone is 2. The van der Waals surface area contributed by atoms with Crippen molar-refractivity contribution in [3.63, 3.8) is 0 Å². The first kappa shape index (κ1) is 16.0. The van der Waals surface area contributed by atoms with Gasteiger partial charge in [0.15, 0.2) is 0 Å². The molecule has 2 aromatic rings. The van der Waals surface area contributed by atoms with Crippen molar-refractivity contribution in [2.75, 3.05) is 0 Å². The Hall–Kier alpha value is -0.536. The summed E-state index contributed by atoms with van der Waals surface area (Å²) in [4.78, 5) is 0. The van der Waals surface area contributed by atoms with E-state index in [1.807, 2.05) is 0 Å². The molecule has 0 fully saturated rings. The molecule has 2 atom stereocenters. The second-order valence-electron chi connectivity index (χ2n) is 6.45. The van der Waals surface area contributed by atoms with Crippen LogP contribution in [0.4, 0.5) is 0 Å². The van der Waals surface area contributed by atoms with E-state index in [9.17, 15) is 0 Å². The Kier molecular flexibility index (Phi) is 3.81. The van der Waals surface area contributed by atoms with Gasteiger partial charge >= 0.3 is 152 Å². The van der Waals surface area contributed by atoms with Crippen LogP contribution in [0, 0.1) is 0 Å². The first-order valence-corrected chi connectivity index (χ1v) is 18.4. The van der Waals surface area contributed by atoms with Crippen LogP contribution in [0.1, 0.15) is 37.6 Å². The molecule has 116 valence electrons. The summed E-state index contributed by atoms with van der Waals surface area (Å²) >= 11 is 8.66. The van der Waals surface area contributed by atoms with Crippen molar-refractivity contribution in [2.45, 2.75) is 15.4 Å². The van der Waals surface area contributed by atoms with Crippen LogP contribution in [0.5, 0.6) is 0 Å². The zero-order chi connectivity index (χ0) is 16.1. The maximum absolute atomic E-state index is 4.33. The van der Waals surface area contributed by atoms with Crippen molar-refractivity contribution in [3.05, 3.63) is 82.9 Å². The van der Waals surface area contributed by atoms with Crippen molar-refractivity contribution in [2.24, 2.45) is 0 Å². The van der Waals surface area contributed by atoms with E-state index in [0.717, 1.165) is 0 Å².